The standard InChI is InChI=1S/C26H47BSi/c1-9-28(10-2,11-3)18-17-26(8,19-23(6)22(4)5)21-27-20-24(7)25-15-13-12-14-16-25/h12-16,23-24,27H,4,9-11,17-21H2,1-3,5-8H3. The lowest BCUT2D eigenvalue weighted by molar-refractivity contribution is 0.282. The van der Waals surface area contributed by atoms with Crippen LogP contribution < -0.4 is 0 Å². The molecule has 0 radical (unpaired) electrons. The van der Waals surface area contributed by atoms with E-state index in [1.54, 1.807) is 0 Å². The maximum Gasteiger partial charge on any atom is 0.121 e. The van der Waals surface area contributed by atoms with E-state index in [-0.39, 0.29) is 0 Å². The third kappa shape index (κ3) is 7.93. The summed E-state index contributed by atoms with van der Waals surface area (Å²) in [5.74, 6) is 1.30. The van der Waals surface area contributed by atoms with Crippen LogP contribution in [0.5, 0.6) is 0 Å². The summed E-state index contributed by atoms with van der Waals surface area (Å²) >= 11 is 0. The van der Waals surface area contributed by atoms with E-state index in [2.05, 4.69) is 85.4 Å². The monoisotopic (exact) mass is 398 g/mol. The van der Waals surface area contributed by atoms with E-state index in [0.29, 0.717) is 17.3 Å². The summed E-state index contributed by atoms with van der Waals surface area (Å²) in [6.07, 6.45) is 5.40. The van der Waals surface area contributed by atoms with Crippen molar-refractivity contribution in [3.63, 3.8) is 0 Å². The zero-order valence-electron chi connectivity index (χ0n) is 20.1. The Kier molecular flexibility index (Phi) is 10.9. The largest absolute Gasteiger partial charge is 0.121 e. The van der Waals surface area contributed by atoms with Gasteiger partial charge in [-0.3, -0.25) is 0 Å². The number of benzene rings is 1. The van der Waals surface area contributed by atoms with Crippen molar-refractivity contribution in [2.45, 2.75) is 104 Å². The van der Waals surface area contributed by atoms with E-state index in [1.807, 2.05) is 0 Å². The zero-order chi connectivity index (χ0) is 21.2. The second-order valence-electron chi connectivity index (χ2n) is 10.0. The van der Waals surface area contributed by atoms with Crippen molar-refractivity contribution < 1.29 is 0 Å². The molecular formula is C26H47BSi. The molecule has 0 aromatic heterocycles. The molecule has 0 saturated heterocycles. The molecule has 0 N–H and O–H groups in total. The fourth-order valence-corrected chi connectivity index (χ4v) is 8.57. The fraction of sp³-hybridized carbons (Fsp3) is 0.692. The molecule has 3 atom stereocenters. The van der Waals surface area contributed by atoms with Gasteiger partial charge in [-0.2, -0.15) is 0 Å². The predicted octanol–water partition coefficient (Wildman–Crippen LogP) is 8.57. The molecule has 1 aromatic rings. The lowest BCUT2D eigenvalue weighted by Crippen LogP contribution is -2.34. The van der Waals surface area contributed by atoms with Gasteiger partial charge in [-0.25, -0.2) is 0 Å². The molecule has 0 bridgehead atoms. The summed E-state index contributed by atoms with van der Waals surface area (Å²) in [6, 6.07) is 16.9. The second kappa shape index (κ2) is 12.1. The van der Waals surface area contributed by atoms with Crippen LogP contribution in [0.1, 0.15) is 72.8 Å². The Morgan fingerprint density at radius 1 is 1.07 bits per heavy atom. The molecule has 0 saturated carbocycles. The Morgan fingerprint density at radius 2 is 1.64 bits per heavy atom. The molecule has 0 heterocycles. The van der Waals surface area contributed by atoms with Crippen molar-refractivity contribution >= 4 is 15.4 Å². The van der Waals surface area contributed by atoms with Crippen LogP contribution in [0.15, 0.2) is 42.5 Å². The van der Waals surface area contributed by atoms with Crippen LogP contribution in [0.2, 0.25) is 36.8 Å². The summed E-state index contributed by atoms with van der Waals surface area (Å²) < 4.78 is 0. The van der Waals surface area contributed by atoms with Crippen LogP contribution in [-0.2, 0) is 0 Å². The Hall–Kier alpha value is -0.758. The van der Waals surface area contributed by atoms with Crippen LogP contribution in [0, 0.1) is 11.3 Å². The topological polar surface area (TPSA) is 0 Å². The SMILES string of the molecule is C=C(C)C(C)CC(C)(CBCC(C)c1ccccc1)CC[Si](CC)(CC)CC. The van der Waals surface area contributed by atoms with Crippen molar-refractivity contribution in [2.24, 2.45) is 11.3 Å². The van der Waals surface area contributed by atoms with Crippen molar-refractivity contribution in [1.82, 2.24) is 0 Å². The number of hydrogen-bond acceptors (Lipinski definition) is 0. The van der Waals surface area contributed by atoms with Gasteiger partial charge in [0, 0.05) is 0 Å². The van der Waals surface area contributed by atoms with Gasteiger partial charge in [0.15, 0.2) is 0 Å². The van der Waals surface area contributed by atoms with Crippen LogP contribution >= 0.6 is 0 Å². The molecule has 0 nitrogen and oxygen atoms in total. The Labute approximate surface area is 178 Å². The summed E-state index contributed by atoms with van der Waals surface area (Å²) in [5.41, 5.74) is 3.31. The smallest absolute Gasteiger partial charge is 0.0999 e. The number of allylic oxidation sites excluding steroid dienone is 1. The normalized spacial score (nSPS) is 16.2. The molecular weight excluding hydrogens is 351 g/mol. The van der Waals surface area contributed by atoms with E-state index in [4.69, 9.17) is 0 Å². The van der Waals surface area contributed by atoms with Crippen molar-refractivity contribution in [3.05, 3.63) is 48.0 Å². The molecule has 158 valence electrons. The third-order valence-electron chi connectivity index (χ3n) is 7.94. The highest BCUT2D eigenvalue weighted by molar-refractivity contribution is 6.79. The highest BCUT2D eigenvalue weighted by Gasteiger charge is 2.33. The maximum atomic E-state index is 4.25. The first-order chi connectivity index (χ1) is 13.2. The van der Waals surface area contributed by atoms with Crippen LogP contribution in [0.4, 0.5) is 0 Å². The molecule has 0 amide bonds. The lowest BCUT2D eigenvalue weighted by Gasteiger charge is -2.37. The fourth-order valence-electron chi connectivity index (χ4n) is 4.87. The average molecular weight is 399 g/mol. The number of hydrogen-bond donors (Lipinski definition) is 0. The average Bonchev–Trinajstić information content (AvgIpc) is 2.70. The van der Waals surface area contributed by atoms with E-state index >= 15 is 0 Å². The van der Waals surface area contributed by atoms with Gasteiger partial charge in [0.25, 0.3) is 0 Å². The van der Waals surface area contributed by atoms with Crippen molar-refractivity contribution in [2.75, 3.05) is 0 Å². The van der Waals surface area contributed by atoms with Gasteiger partial charge in [-0.1, -0.05) is 127 Å². The molecule has 0 aliphatic rings. The van der Waals surface area contributed by atoms with Crippen LogP contribution in [0.3, 0.4) is 0 Å². The highest BCUT2D eigenvalue weighted by atomic mass is 28.3. The van der Waals surface area contributed by atoms with Gasteiger partial charge in [0.2, 0.25) is 0 Å². The van der Waals surface area contributed by atoms with Crippen molar-refractivity contribution in [1.29, 1.82) is 0 Å². The first-order valence-corrected chi connectivity index (χ1v) is 14.7. The van der Waals surface area contributed by atoms with Crippen LogP contribution in [0.25, 0.3) is 0 Å². The minimum atomic E-state index is -1.04. The summed E-state index contributed by atoms with van der Waals surface area (Å²) in [5, 5.41) is 0. The van der Waals surface area contributed by atoms with Gasteiger partial charge in [0.1, 0.15) is 7.28 Å². The molecule has 3 unspecified atom stereocenters. The third-order valence-corrected chi connectivity index (χ3v) is 13.7. The molecule has 1 rings (SSSR count). The van der Waals surface area contributed by atoms with Gasteiger partial charge in [-0.15, -0.1) is 0 Å². The molecule has 0 spiro atoms. The van der Waals surface area contributed by atoms with Gasteiger partial charge >= 0.3 is 0 Å². The molecule has 1 aromatic carbocycles. The Balaban J connectivity index is 2.76. The van der Waals surface area contributed by atoms with Gasteiger partial charge in [-0.05, 0) is 36.2 Å². The Bertz CT molecular complexity index is 555. The molecule has 0 aliphatic carbocycles. The van der Waals surface area contributed by atoms with Gasteiger partial charge in [0.05, 0.1) is 8.07 Å². The van der Waals surface area contributed by atoms with E-state index in [9.17, 15) is 0 Å². The van der Waals surface area contributed by atoms with E-state index < -0.39 is 8.07 Å². The van der Waals surface area contributed by atoms with E-state index in [1.165, 1.54) is 68.1 Å². The predicted molar refractivity (Wildman–Crippen MR) is 135 cm³/mol. The molecule has 28 heavy (non-hydrogen) atoms. The minimum Gasteiger partial charge on any atom is -0.0999 e. The number of rotatable bonds is 14. The lowest BCUT2D eigenvalue weighted by atomic mass is 9.56. The summed E-state index contributed by atoms with van der Waals surface area (Å²) in [4.78, 5) is 0. The van der Waals surface area contributed by atoms with Gasteiger partial charge < -0.3 is 0 Å². The molecule has 2 heteroatoms. The zero-order valence-corrected chi connectivity index (χ0v) is 21.1. The summed E-state index contributed by atoms with van der Waals surface area (Å²) in [7, 11) is 0.300. The molecule has 0 fully saturated rings. The second-order valence-corrected chi connectivity index (χ2v) is 15.6. The maximum absolute atomic E-state index is 4.25. The minimum absolute atomic E-state index is 0.465. The van der Waals surface area contributed by atoms with E-state index in [0.717, 1.165) is 0 Å². The Morgan fingerprint density at radius 3 is 2.14 bits per heavy atom. The quantitative estimate of drug-likeness (QED) is 0.217. The first-order valence-electron chi connectivity index (χ1n) is 11.9. The summed E-state index contributed by atoms with van der Waals surface area (Å²) in [6.45, 7) is 21.2. The highest BCUT2D eigenvalue weighted by Crippen LogP contribution is 2.41. The van der Waals surface area contributed by atoms with Crippen LogP contribution in [-0.4, -0.2) is 15.4 Å². The first kappa shape index (κ1) is 25.3. The molecule has 0 aliphatic heterocycles. The van der Waals surface area contributed by atoms with Crippen molar-refractivity contribution in [3.8, 4) is 0 Å².